The number of anilines is 1. The number of aromatic nitrogens is 4. The zero-order valence-corrected chi connectivity index (χ0v) is 16.6. The number of carbonyl (C=O) groups is 1. The molecule has 10 heteroatoms. The maximum Gasteiger partial charge on any atom is 0.322 e. The van der Waals surface area contributed by atoms with Crippen LogP contribution in [0.4, 0.5) is 11.4 Å². The van der Waals surface area contributed by atoms with E-state index in [9.17, 15) is 14.9 Å². The molecule has 1 N–H and O–H groups in total. The van der Waals surface area contributed by atoms with Crippen molar-refractivity contribution in [3.05, 3.63) is 67.7 Å². The van der Waals surface area contributed by atoms with Crippen LogP contribution in [0.1, 0.15) is 33.1 Å². The number of amides is 1. The number of halogens is 1. The Bertz CT molecular complexity index is 1070. The average molecular weight is 403 g/mol. The highest BCUT2D eigenvalue weighted by Crippen LogP contribution is 2.26. The number of nitrogens with zero attached hydrogens (tertiary/aromatic N) is 5. The quantitative estimate of drug-likeness (QED) is 0.519. The first-order valence-corrected chi connectivity index (χ1v) is 8.84. The molecule has 28 heavy (non-hydrogen) atoms. The normalized spacial score (nSPS) is 10.9. The summed E-state index contributed by atoms with van der Waals surface area (Å²) in [5, 5.41) is 23.2. The van der Waals surface area contributed by atoms with E-state index >= 15 is 0 Å². The van der Waals surface area contributed by atoms with Gasteiger partial charge in [-0.1, -0.05) is 23.7 Å². The van der Waals surface area contributed by atoms with Crippen molar-refractivity contribution in [1.29, 1.82) is 0 Å². The molecule has 146 valence electrons. The summed E-state index contributed by atoms with van der Waals surface area (Å²) in [7, 11) is 1.50. The van der Waals surface area contributed by atoms with Crippen molar-refractivity contribution >= 4 is 28.9 Å². The van der Waals surface area contributed by atoms with Gasteiger partial charge in [0.1, 0.15) is 5.69 Å². The van der Waals surface area contributed by atoms with Crippen LogP contribution in [-0.4, -0.2) is 30.4 Å². The molecule has 2 aromatic heterocycles. The Morgan fingerprint density at radius 1 is 1.18 bits per heavy atom. The van der Waals surface area contributed by atoms with Crippen LogP contribution >= 0.6 is 11.6 Å². The van der Waals surface area contributed by atoms with Gasteiger partial charge in [0.25, 0.3) is 5.91 Å². The summed E-state index contributed by atoms with van der Waals surface area (Å²) in [4.78, 5) is 23.5. The van der Waals surface area contributed by atoms with Gasteiger partial charge < -0.3 is 5.32 Å². The van der Waals surface area contributed by atoms with Gasteiger partial charge in [0.15, 0.2) is 0 Å². The molecule has 0 saturated carbocycles. The van der Waals surface area contributed by atoms with E-state index in [4.69, 9.17) is 11.6 Å². The Hall–Kier alpha value is -3.20. The number of rotatable bonds is 5. The molecule has 3 aromatic rings. The maximum absolute atomic E-state index is 12.8. The van der Waals surface area contributed by atoms with Crippen molar-refractivity contribution in [1.82, 2.24) is 19.6 Å². The predicted molar refractivity (Wildman–Crippen MR) is 105 cm³/mol. The van der Waals surface area contributed by atoms with E-state index < -0.39 is 10.8 Å². The zero-order chi connectivity index (χ0) is 20.6. The SMILES string of the molecule is Cc1nn(Cc2ccc(Cl)cc2)c(C)c1NC(=O)c1c([N+](=O)[O-])c(C)nn1C. The molecular weight excluding hydrogens is 384 g/mol. The van der Waals surface area contributed by atoms with Crippen LogP contribution in [0.2, 0.25) is 5.02 Å². The molecular formula is C18H19ClN6O3. The van der Waals surface area contributed by atoms with Gasteiger partial charge in [-0.25, -0.2) is 0 Å². The van der Waals surface area contributed by atoms with Gasteiger partial charge in [0, 0.05) is 12.1 Å². The lowest BCUT2D eigenvalue weighted by Gasteiger charge is -2.07. The van der Waals surface area contributed by atoms with Crippen molar-refractivity contribution in [3.8, 4) is 0 Å². The molecule has 0 atom stereocenters. The fraction of sp³-hybridized carbons (Fsp3) is 0.278. The summed E-state index contributed by atoms with van der Waals surface area (Å²) >= 11 is 5.92. The third kappa shape index (κ3) is 3.61. The first-order chi connectivity index (χ1) is 13.2. The first-order valence-electron chi connectivity index (χ1n) is 8.46. The molecule has 0 radical (unpaired) electrons. The Labute approximate surface area is 166 Å². The number of benzene rings is 1. The molecule has 1 amide bonds. The Kier molecular flexibility index (Phi) is 5.19. The Morgan fingerprint density at radius 2 is 1.82 bits per heavy atom. The largest absolute Gasteiger partial charge is 0.322 e. The van der Waals surface area contributed by atoms with E-state index in [0.29, 0.717) is 22.9 Å². The highest BCUT2D eigenvalue weighted by Gasteiger charge is 2.30. The average Bonchev–Trinajstić information content (AvgIpc) is 3.06. The van der Waals surface area contributed by atoms with Gasteiger partial charge in [-0.3, -0.25) is 24.3 Å². The van der Waals surface area contributed by atoms with Gasteiger partial charge in [-0.15, -0.1) is 0 Å². The number of nitrogens with one attached hydrogen (secondary N) is 1. The van der Waals surface area contributed by atoms with Gasteiger partial charge in [0.05, 0.1) is 28.5 Å². The van der Waals surface area contributed by atoms with E-state index in [-0.39, 0.29) is 17.1 Å². The zero-order valence-electron chi connectivity index (χ0n) is 15.9. The second-order valence-corrected chi connectivity index (χ2v) is 6.88. The topological polar surface area (TPSA) is 108 Å². The molecule has 9 nitrogen and oxygen atoms in total. The van der Waals surface area contributed by atoms with Crippen LogP contribution in [0.25, 0.3) is 0 Å². The van der Waals surface area contributed by atoms with Crippen LogP contribution in [0.5, 0.6) is 0 Å². The summed E-state index contributed by atoms with van der Waals surface area (Å²) in [6.07, 6.45) is 0. The third-order valence-corrected chi connectivity index (χ3v) is 4.71. The molecule has 0 aliphatic carbocycles. The summed E-state index contributed by atoms with van der Waals surface area (Å²) in [6, 6.07) is 7.40. The monoisotopic (exact) mass is 402 g/mol. The van der Waals surface area contributed by atoms with E-state index in [1.165, 1.54) is 18.7 Å². The van der Waals surface area contributed by atoms with Gasteiger partial charge in [0.2, 0.25) is 5.69 Å². The second kappa shape index (κ2) is 7.43. The second-order valence-electron chi connectivity index (χ2n) is 6.45. The molecule has 0 aliphatic heterocycles. The minimum atomic E-state index is -0.605. The Balaban J connectivity index is 1.89. The van der Waals surface area contributed by atoms with Gasteiger partial charge in [-0.2, -0.15) is 10.2 Å². The predicted octanol–water partition coefficient (Wildman–Crippen LogP) is 3.40. The lowest BCUT2D eigenvalue weighted by Crippen LogP contribution is -2.18. The molecule has 1 aromatic carbocycles. The molecule has 0 fully saturated rings. The standard InChI is InChI=1S/C18H19ClN6O3/c1-10-15(12(3)24(22-10)9-13-5-7-14(19)8-6-13)20-18(26)17-16(25(27)28)11(2)21-23(17)4/h5-8H,9H2,1-4H3,(H,20,26). The van der Waals surface area contributed by atoms with E-state index in [1.807, 2.05) is 19.1 Å². The summed E-state index contributed by atoms with van der Waals surface area (Å²) in [6.45, 7) is 5.60. The fourth-order valence-corrected chi connectivity index (χ4v) is 3.21. The van der Waals surface area contributed by atoms with E-state index in [1.54, 1.807) is 23.7 Å². The van der Waals surface area contributed by atoms with Crippen molar-refractivity contribution in [2.75, 3.05) is 5.32 Å². The fourth-order valence-electron chi connectivity index (χ4n) is 3.09. The lowest BCUT2D eigenvalue weighted by molar-refractivity contribution is -0.385. The molecule has 0 bridgehead atoms. The first kappa shape index (κ1) is 19.6. The summed E-state index contributed by atoms with van der Waals surface area (Å²) in [5.41, 5.74) is 2.65. The number of aryl methyl sites for hydroxylation is 3. The van der Waals surface area contributed by atoms with Gasteiger partial charge >= 0.3 is 5.69 Å². The lowest BCUT2D eigenvalue weighted by atomic mass is 10.2. The molecule has 0 saturated heterocycles. The van der Waals surface area contributed by atoms with Crippen molar-refractivity contribution in [3.63, 3.8) is 0 Å². The molecule has 0 spiro atoms. The number of hydrogen-bond acceptors (Lipinski definition) is 5. The molecule has 0 aliphatic rings. The van der Waals surface area contributed by atoms with Gasteiger partial charge in [-0.05, 0) is 38.5 Å². The molecule has 0 unspecified atom stereocenters. The van der Waals surface area contributed by atoms with Crippen LogP contribution in [0.3, 0.4) is 0 Å². The van der Waals surface area contributed by atoms with Crippen LogP contribution in [0, 0.1) is 30.9 Å². The molecule has 3 rings (SSSR count). The maximum atomic E-state index is 12.8. The minimum absolute atomic E-state index is 0.105. The number of nitro groups is 1. The van der Waals surface area contributed by atoms with Crippen LogP contribution in [-0.2, 0) is 13.6 Å². The van der Waals surface area contributed by atoms with Crippen molar-refractivity contribution in [2.24, 2.45) is 7.05 Å². The highest BCUT2D eigenvalue weighted by molar-refractivity contribution is 6.30. The minimum Gasteiger partial charge on any atom is -0.317 e. The van der Waals surface area contributed by atoms with E-state index in [2.05, 4.69) is 15.5 Å². The number of carbonyl (C=O) groups excluding carboxylic acids is 1. The van der Waals surface area contributed by atoms with Crippen LogP contribution in [0.15, 0.2) is 24.3 Å². The highest BCUT2D eigenvalue weighted by atomic mass is 35.5. The smallest absolute Gasteiger partial charge is 0.317 e. The van der Waals surface area contributed by atoms with Crippen molar-refractivity contribution < 1.29 is 9.72 Å². The van der Waals surface area contributed by atoms with Crippen molar-refractivity contribution in [2.45, 2.75) is 27.3 Å². The van der Waals surface area contributed by atoms with E-state index in [0.717, 1.165) is 11.3 Å². The summed E-state index contributed by atoms with van der Waals surface area (Å²) in [5.74, 6) is -0.605. The number of hydrogen-bond donors (Lipinski definition) is 1. The third-order valence-electron chi connectivity index (χ3n) is 4.45. The Morgan fingerprint density at radius 3 is 2.43 bits per heavy atom. The summed E-state index contributed by atoms with van der Waals surface area (Å²) < 4.78 is 2.97. The van der Waals surface area contributed by atoms with Crippen LogP contribution < -0.4 is 5.32 Å². The molecule has 2 heterocycles.